The second kappa shape index (κ2) is 12.5. The van der Waals surface area contributed by atoms with Crippen molar-refractivity contribution in [3.05, 3.63) is 124 Å². The number of amides is 1. The lowest BCUT2D eigenvalue weighted by Crippen LogP contribution is -2.17. The van der Waals surface area contributed by atoms with Crippen LogP contribution in [0.15, 0.2) is 107 Å². The average Bonchev–Trinajstić information content (AvgIpc) is 3.67. The molecule has 8 nitrogen and oxygen atoms in total. The van der Waals surface area contributed by atoms with Crippen molar-refractivity contribution in [2.24, 2.45) is 5.10 Å². The molecular weight excluding hydrogens is 610 g/mol. The number of carbonyl (C=O) groups is 1. The number of nitrogens with one attached hydrogen (secondary N) is 1. The van der Waals surface area contributed by atoms with E-state index in [1.54, 1.807) is 31.5 Å². The molecule has 0 saturated heterocycles. The van der Waals surface area contributed by atoms with E-state index in [1.807, 2.05) is 54.6 Å². The second-order valence-electron chi connectivity index (χ2n) is 9.82. The standard InChI is InChI=1S/C34H28BrN3O5/c1-22-8-14-29(25-6-4-3-5-7-25)38(22)27-12-10-26(11-13-27)34(39)37-36-19-24-16-28(35)33(32(18-24)40-2)41-20-23-9-15-30-31(17-23)43-21-42-30/h3-19H,20-21H2,1-2H3,(H,37,39)/b36-19+. The average molecular weight is 639 g/mol. The molecular formula is C34H28BrN3O5. The first-order valence-corrected chi connectivity index (χ1v) is 14.4. The molecule has 0 fully saturated rings. The van der Waals surface area contributed by atoms with Crippen LogP contribution < -0.4 is 24.4 Å². The number of methoxy groups -OCH3 is 1. The predicted octanol–water partition coefficient (Wildman–Crippen LogP) is 7.30. The van der Waals surface area contributed by atoms with Gasteiger partial charge in [-0.1, -0.05) is 36.4 Å². The van der Waals surface area contributed by atoms with Gasteiger partial charge < -0.3 is 23.5 Å². The summed E-state index contributed by atoms with van der Waals surface area (Å²) in [6.07, 6.45) is 1.55. The summed E-state index contributed by atoms with van der Waals surface area (Å²) >= 11 is 3.57. The molecule has 1 N–H and O–H groups in total. The minimum atomic E-state index is -0.315. The van der Waals surface area contributed by atoms with E-state index in [4.69, 9.17) is 18.9 Å². The maximum Gasteiger partial charge on any atom is 0.271 e. The molecule has 9 heteroatoms. The molecule has 0 saturated carbocycles. The quantitative estimate of drug-likeness (QED) is 0.135. The van der Waals surface area contributed by atoms with Gasteiger partial charge in [0.25, 0.3) is 5.91 Å². The number of hydrogen-bond acceptors (Lipinski definition) is 6. The van der Waals surface area contributed by atoms with Gasteiger partial charge in [0.05, 0.1) is 23.5 Å². The van der Waals surface area contributed by atoms with Crippen molar-refractivity contribution < 1.29 is 23.7 Å². The topological polar surface area (TPSA) is 83.3 Å². The summed E-state index contributed by atoms with van der Waals surface area (Å²) in [7, 11) is 1.57. The van der Waals surface area contributed by atoms with E-state index in [1.165, 1.54) is 0 Å². The Bertz CT molecular complexity index is 1800. The Morgan fingerprint density at radius 2 is 1.77 bits per heavy atom. The zero-order chi connectivity index (χ0) is 29.8. The lowest BCUT2D eigenvalue weighted by atomic mass is 10.1. The number of fused-ring (bicyclic) bond motifs is 1. The highest BCUT2D eigenvalue weighted by molar-refractivity contribution is 9.10. The Morgan fingerprint density at radius 3 is 2.56 bits per heavy atom. The summed E-state index contributed by atoms with van der Waals surface area (Å²) in [5, 5.41) is 4.16. The van der Waals surface area contributed by atoms with Crippen molar-refractivity contribution in [1.82, 2.24) is 9.99 Å². The second-order valence-corrected chi connectivity index (χ2v) is 10.7. The van der Waals surface area contributed by atoms with Gasteiger partial charge >= 0.3 is 0 Å². The fourth-order valence-corrected chi connectivity index (χ4v) is 5.42. The highest BCUT2D eigenvalue weighted by Crippen LogP contribution is 2.38. The van der Waals surface area contributed by atoms with Crippen LogP contribution >= 0.6 is 15.9 Å². The number of aromatic nitrogens is 1. The first kappa shape index (κ1) is 28.1. The van der Waals surface area contributed by atoms with Crippen LogP contribution in [0, 0.1) is 6.92 Å². The van der Waals surface area contributed by atoms with Crippen LogP contribution in [0.3, 0.4) is 0 Å². The van der Waals surface area contributed by atoms with Crippen LogP contribution in [0.4, 0.5) is 0 Å². The van der Waals surface area contributed by atoms with E-state index in [2.05, 4.69) is 62.2 Å². The first-order chi connectivity index (χ1) is 21.0. The minimum Gasteiger partial charge on any atom is -0.493 e. The van der Waals surface area contributed by atoms with E-state index >= 15 is 0 Å². The van der Waals surface area contributed by atoms with Gasteiger partial charge in [-0.3, -0.25) is 4.79 Å². The maximum absolute atomic E-state index is 12.8. The molecule has 0 unspecified atom stereocenters. The normalized spacial score (nSPS) is 12.0. The Balaban J connectivity index is 1.11. The molecule has 2 heterocycles. The van der Waals surface area contributed by atoms with Gasteiger partial charge in [0.1, 0.15) is 6.61 Å². The zero-order valence-electron chi connectivity index (χ0n) is 23.5. The van der Waals surface area contributed by atoms with Crippen LogP contribution in [-0.4, -0.2) is 30.6 Å². The smallest absolute Gasteiger partial charge is 0.271 e. The minimum absolute atomic E-state index is 0.221. The van der Waals surface area contributed by atoms with Gasteiger partial charge in [0.2, 0.25) is 6.79 Å². The van der Waals surface area contributed by atoms with Crippen LogP contribution in [0.1, 0.15) is 27.2 Å². The van der Waals surface area contributed by atoms with Crippen molar-refractivity contribution in [3.8, 4) is 39.9 Å². The molecule has 0 spiro atoms. The molecule has 1 aromatic heterocycles. The number of carbonyl (C=O) groups excluding carboxylic acids is 1. The largest absolute Gasteiger partial charge is 0.493 e. The summed E-state index contributed by atoms with van der Waals surface area (Å²) in [5.41, 5.74) is 9.03. The number of hydrazone groups is 1. The van der Waals surface area contributed by atoms with Crippen molar-refractivity contribution in [1.29, 1.82) is 0 Å². The fourth-order valence-electron chi connectivity index (χ4n) is 4.85. The number of aryl methyl sites for hydroxylation is 1. The van der Waals surface area contributed by atoms with Crippen molar-refractivity contribution in [3.63, 3.8) is 0 Å². The number of hydrogen-bond donors (Lipinski definition) is 1. The summed E-state index contributed by atoms with van der Waals surface area (Å²) < 4.78 is 25.3. The third-order valence-electron chi connectivity index (χ3n) is 6.98. The Hall–Kier alpha value is -5.02. The summed E-state index contributed by atoms with van der Waals surface area (Å²) in [6.45, 7) is 2.59. The molecule has 0 radical (unpaired) electrons. The number of benzene rings is 4. The first-order valence-electron chi connectivity index (χ1n) is 13.6. The Labute approximate surface area is 257 Å². The number of rotatable bonds is 9. The van der Waals surface area contributed by atoms with Gasteiger partial charge in [-0.15, -0.1) is 0 Å². The molecule has 43 heavy (non-hydrogen) atoms. The lowest BCUT2D eigenvalue weighted by Gasteiger charge is -2.14. The third kappa shape index (κ3) is 6.12. The van der Waals surface area contributed by atoms with Crippen molar-refractivity contribution >= 4 is 28.1 Å². The van der Waals surface area contributed by atoms with Gasteiger partial charge in [-0.05, 0) is 100 Å². The van der Waals surface area contributed by atoms with E-state index in [9.17, 15) is 4.79 Å². The van der Waals surface area contributed by atoms with Crippen LogP contribution in [0.2, 0.25) is 0 Å². The van der Waals surface area contributed by atoms with Crippen LogP contribution in [0.5, 0.6) is 23.0 Å². The molecule has 0 atom stereocenters. The monoisotopic (exact) mass is 637 g/mol. The van der Waals surface area contributed by atoms with Crippen molar-refractivity contribution in [2.75, 3.05) is 13.9 Å². The van der Waals surface area contributed by atoms with Crippen molar-refractivity contribution in [2.45, 2.75) is 13.5 Å². The molecule has 4 aromatic carbocycles. The van der Waals surface area contributed by atoms with Gasteiger partial charge in [-0.2, -0.15) is 5.10 Å². The molecule has 216 valence electrons. The summed E-state index contributed by atoms with van der Waals surface area (Å²) in [4.78, 5) is 12.8. The molecule has 6 rings (SSSR count). The van der Waals surface area contributed by atoms with E-state index in [0.717, 1.165) is 34.0 Å². The van der Waals surface area contributed by atoms with Crippen LogP contribution in [0.25, 0.3) is 16.9 Å². The van der Waals surface area contributed by atoms with Crippen LogP contribution in [-0.2, 0) is 6.61 Å². The lowest BCUT2D eigenvalue weighted by molar-refractivity contribution is 0.0955. The maximum atomic E-state index is 12.8. The molecule has 0 bridgehead atoms. The number of halogens is 1. The Morgan fingerprint density at radius 1 is 0.977 bits per heavy atom. The summed E-state index contributed by atoms with van der Waals surface area (Å²) in [6, 6.07) is 31.2. The predicted molar refractivity (Wildman–Crippen MR) is 169 cm³/mol. The van der Waals surface area contributed by atoms with E-state index in [-0.39, 0.29) is 12.7 Å². The van der Waals surface area contributed by atoms with E-state index in [0.29, 0.717) is 39.5 Å². The summed E-state index contributed by atoms with van der Waals surface area (Å²) in [5.74, 6) is 2.18. The number of ether oxygens (including phenoxy) is 4. The number of nitrogens with zero attached hydrogens (tertiary/aromatic N) is 2. The van der Waals surface area contributed by atoms with Gasteiger partial charge in [0, 0.05) is 16.9 Å². The highest BCUT2D eigenvalue weighted by atomic mass is 79.9. The highest BCUT2D eigenvalue weighted by Gasteiger charge is 2.16. The van der Waals surface area contributed by atoms with Gasteiger partial charge in [-0.25, -0.2) is 5.43 Å². The molecule has 0 aliphatic carbocycles. The third-order valence-corrected chi connectivity index (χ3v) is 7.57. The van der Waals surface area contributed by atoms with E-state index < -0.39 is 0 Å². The fraction of sp³-hybridized carbons (Fsp3) is 0.118. The molecule has 5 aromatic rings. The zero-order valence-corrected chi connectivity index (χ0v) is 25.1. The SMILES string of the molecule is COc1cc(/C=N/NC(=O)c2ccc(-n3c(C)ccc3-c3ccccc3)cc2)cc(Br)c1OCc1ccc2c(c1)OCO2. The molecule has 1 aliphatic rings. The van der Waals surface area contributed by atoms with Gasteiger partial charge in [0.15, 0.2) is 23.0 Å². The molecule has 1 amide bonds. The Kier molecular flexibility index (Phi) is 8.15. The molecule has 1 aliphatic heterocycles.